The van der Waals surface area contributed by atoms with E-state index in [4.69, 9.17) is 4.74 Å². The topological polar surface area (TPSA) is 94.8 Å². The van der Waals surface area contributed by atoms with Crippen molar-refractivity contribution in [2.75, 3.05) is 6.61 Å². The van der Waals surface area contributed by atoms with Gasteiger partial charge in [-0.3, -0.25) is 14.3 Å². The Bertz CT molecular complexity index is 1220. The third kappa shape index (κ3) is 5.30. The molecular formula is C25H24N6O2. The maximum absolute atomic E-state index is 12.3. The van der Waals surface area contributed by atoms with Crippen LogP contribution in [0.3, 0.4) is 0 Å². The maximum atomic E-state index is 12.3. The van der Waals surface area contributed by atoms with E-state index in [0.717, 1.165) is 11.5 Å². The molecule has 0 unspecified atom stereocenters. The SMILES string of the molecule is C=C(CCc1nnc(-c2ccc(OCC)cn2)n1-c1ccccc1)NC(=O)c1ccccn1. The Hall–Kier alpha value is -4.33. The van der Waals surface area contributed by atoms with Gasteiger partial charge in [-0.05, 0) is 49.7 Å². The maximum Gasteiger partial charge on any atom is 0.273 e. The number of aryl methyl sites for hydroxylation is 1. The van der Waals surface area contributed by atoms with Crippen LogP contribution in [0.15, 0.2) is 85.3 Å². The van der Waals surface area contributed by atoms with Crippen molar-refractivity contribution in [3.8, 4) is 23.0 Å². The van der Waals surface area contributed by atoms with E-state index in [1.165, 1.54) is 0 Å². The molecule has 1 N–H and O–H groups in total. The van der Waals surface area contributed by atoms with Crippen molar-refractivity contribution < 1.29 is 9.53 Å². The number of amides is 1. The minimum atomic E-state index is -0.288. The van der Waals surface area contributed by atoms with Crippen molar-refractivity contribution in [2.45, 2.75) is 19.8 Å². The van der Waals surface area contributed by atoms with Gasteiger partial charge in [0.25, 0.3) is 5.91 Å². The van der Waals surface area contributed by atoms with Crippen LogP contribution in [0.5, 0.6) is 5.75 Å². The van der Waals surface area contributed by atoms with Crippen LogP contribution in [0.2, 0.25) is 0 Å². The molecule has 0 bridgehead atoms. The van der Waals surface area contributed by atoms with Crippen LogP contribution in [-0.4, -0.2) is 37.2 Å². The van der Waals surface area contributed by atoms with Crippen LogP contribution >= 0.6 is 0 Å². The summed E-state index contributed by atoms with van der Waals surface area (Å²) in [5.41, 5.74) is 2.53. The molecule has 0 aliphatic carbocycles. The molecule has 3 aromatic heterocycles. The summed E-state index contributed by atoms with van der Waals surface area (Å²) in [6.45, 7) is 6.49. The van der Waals surface area contributed by atoms with Gasteiger partial charge in [-0.25, -0.2) is 4.98 Å². The first-order chi connectivity index (χ1) is 16.2. The lowest BCUT2D eigenvalue weighted by Gasteiger charge is -2.12. The first-order valence-electron chi connectivity index (χ1n) is 10.6. The van der Waals surface area contributed by atoms with Crippen molar-refractivity contribution in [3.63, 3.8) is 0 Å². The summed E-state index contributed by atoms with van der Waals surface area (Å²) >= 11 is 0. The van der Waals surface area contributed by atoms with Gasteiger partial charge in [-0.1, -0.05) is 30.8 Å². The highest BCUT2D eigenvalue weighted by Crippen LogP contribution is 2.24. The number of benzene rings is 1. The molecule has 1 aromatic carbocycles. The van der Waals surface area contributed by atoms with Gasteiger partial charge >= 0.3 is 0 Å². The molecule has 1 amide bonds. The fourth-order valence-corrected chi connectivity index (χ4v) is 3.30. The number of carbonyl (C=O) groups excluding carboxylic acids is 1. The van der Waals surface area contributed by atoms with Crippen molar-refractivity contribution in [1.29, 1.82) is 0 Å². The Morgan fingerprint density at radius 3 is 2.55 bits per heavy atom. The Morgan fingerprint density at radius 1 is 1.03 bits per heavy atom. The molecule has 0 aliphatic heterocycles. The Labute approximate surface area is 192 Å². The number of carbonyl (C=O) groups is 1. The third-order valence-electron chi connectivity index (χ3n) is 4.86. The number of rotatable bonds is 9. The number of hydrogen-bond donors (Lipinski definition) is 1. The molecule has 4 aromatic rings. The monoisotopic (exact) mass is 440 g/mol. The Kier molecular flexibility index (Phi) is 6.84. The molecule has 166 valence electrons. The fraction of sp³-hybridized carbons (Fsp3) is 0.160. The minimum Gasteiger partial charge on any atom is -0.492 e. The van der Waals surface area contributed by atoms with E-state index in [2.05, 4.69) is 32.1 Å². The van der Waals surface area contributed by atoms with Gasteiger partial charge in [0.05, 0.1) is 12.8 Å². The van der Waals surface area contributed by atoms with E-state index < -0.39 is 0 Å². The predicted molar refractivity (Wildman–Crippen MR) is 125 cm³/mol. The van der Waals surface area contributed by atoms with E-state index in [-0.39, 0.29) is 5.91 Å². The summed E-state index contributed by atoms with van der Waals surface area (Å²) in [6.07, 6.45) is 4.29. The summed E-state index contributed by atoms with van der Waals surface area (Å²) < 4.78 is 7.46. The smallest absolute Gasteiger partial charge is 0.273 e. The number of hydrogen-bond acceptors (Lipinski definition) is 6. The van der Waals surface area contributed by atoms with Crippen LogP contribution < -0.4 is 10.1 Å². The number of aromatic nitrogens is 5. The average molecular weight is 441 g/mol. The third-order valence-corrected chi connectivity index (χ3v) is 4.86. The van der Waals surface area contributed by atoms with Crippen LogP contribution in [0, 0.1) is 0 Å². The molecule has 33 heavy (non-hydrogen) atoms. The second-order valence-electron chi connectivity index (χ2n) is 7.20. The number of para-hydroxylation sites is 1. The minimum absolute atomic E-state index is 0.288. The molecule has 0 atom stereocenters. The molecule has 0 aliphatic rings. The average Bonchev–Trinajstić information content (AvgIpc) is 3.28. The molecule has 0 fully saturated rings. The summed E-state index contributed by atoms with van der Waals surface area (Å²) in [7, 11) is 0. The van der Waals surface area contributed by atoms with Gasteiger partial charge in [-0.15, -0.1) is 10.2 Å². The van der Waals surface area contributed by atoms with Crippen LogP contribution in [-0.2, 0) is 6.42 Å². The largest absolute Gasteiger partial charge is 0.492 e. The van der Waals surface area contributed by atoms with Crippen LogP contribution in [0.1, 0.15) is 29.7 Å². The zero-order valence-electron chi connectivity index (χ0n) is 18.3. The molecule has 3 heterocycles. The van der Waals surface area contributed by atoms with Gasteiger partial charge in [0, 0.05) is 24.0 Å². The molecule has 8 nitrogen and oxygen atoms in total. The summed E-state index contributed by atoms with van der Waals surface area (Å²) in [6, 6.07) is 18.8. The van der Waals surface area contributed by atoms with Gasteiger partial charge < -0.3 is 10.1 Å². The normalized spacial score (nSPS) is 10.6. The molecule has 0 saturated carbocycles. The summed E-state index contributed by atoms with van der Waals surface area (Å²) in [5.74, 6) is 1.78. The van der Waals surface area contributed by atoms with Gasteiger partial charge in [0.2, 0.25) is 0 Å². The lowest BCUT2D eigenvalue weighted by molar-refractivity contribution is 0.0960. The quantitative estimate of drug-likeness (QED) is 0.423. The Morgan fingerprint density at radius 2 is 1.85 bits per heavy atom. The predicted octanol–water partition coefficient (Wildman–Crippen LogP) is 4.00. The van der Waals surface area contributed by atoms with E-state index in [0.29, 0.717) is 48.1 Å². The van der Waals surface area contributed by atoms with Crippen molar-refractivity contribution in [3.05, 3.63) is 96.9 Å². The molecule has 0 radical (unpaired) electrons. The zero-order valence-corrected chi connectivity index (χ0v) is 18.3. The van der Waals surface area contributed by atoms with Gasteiger partial charge in [0.1, 0.15) is 23.0 Å². The molecule has 4 rings (SSSR count). The van der Waals surface area contributed by atoms with E-state index in [1.807, 2.05) is 54.0 Å². The van der Waals surface area contributed by atoms with E-state index in [9.17, 15) is 4.79 Å². The molecular weight excluding hydrogens is 416 g/mol. The lowest BCUT2D eigenvalue weighted by Crippen LogP contribution is -2.23. The highest BCUT2D eigenvalue weighted by Gasteiger charge is 2.17. The van der Waals surface area contributed by atoms with Crippen LogP contribution in [0.25, 0.3) is 17.2 Å². The van der Waals surface area contributed by atoms with E-state index >= 15 is 0 Å². The summed E-state index contributed by atoms with van der Waals surface area (Å²) in [4.78, 5) is 20.9. The first kappa shape index (κ1) is 21.9. The molecule has 8 heteroatoms. The number of allylic oxidation sites excluding steroid dienone is 1. The van der Waals surface area contributed by atoms with Gasteiger partial charge in [-0.2, -0.15) is 0 Å². The van der Waals surface area contributed by atoms with Gasteiger partial charge in [0.15, 0.2) is 5.82 Å². The Balaban J connectivity index is 1.54. The molecule has 0 saturated heterocycles. The second kappa shape index (κ2) is 10.3. The van der Waals surface area contributed by atoms with Crippen molar-refractivity contribution in [2.24, 2.45) is 0 Å². The van der Waals surface area contributed by atoms with Crippen LogP contribution in [0.4, 0.5) is 0 Å². The zero-order chi connectivity index (χ0) is 23.0. The molecule has 0 spiro atoms. The second-order valence-corrected chi connectivity index (χ2v) is 7.20. The first-order valence-corrected chi connectivity index (χ1v) is 10.6. The van der Waals surface area contributed by atoms with Crippen molar-refractivity contribution in [1.82, 2.24) is 30.0 Å². The fourth-order valence-electron chi connectivity index (χ4n) is 3.30. The van der Waals surface area contributed by atoms with Crippen molar-refractivity contribution >= 4 is 5.91 Å². The summed E-state index contributed by atoms with van der Waals surface area (Å²) in [5, 5.41) is 11.6. The standard InChI is InChI=1S/C25H24N6O2/c1-3-33-20-13-14-21(27-17-20)24-30-29-23(31(24)19-9-5-4-6-10-19)15-12-18(2)28-25(32)22-11-7-8-16-26-22/h4-11,13-14,16-17H,2-3,12,15H2,1H3,(H,28,32). The van der Waals surface area contributed by atoms with E-state index in [1.54, 1.807) is 30.6 Å². The number of ether oxygens (including phenoxy) is 1. The number of nitrogens with one attached hydrogen (secondary N) is 1. The highest BCUT2D eigenvalue weighted by atomic mass is 16.5. The number of pyridine rings is 2. The number of nitrogens with zero attached hydrogens (tertiary/aromatic N) is 5. The lowest BCUT2D eigenvalue weighted by atomic mass is 10.2. The highest BCUT2D eigenvalue weighted by molar-refractivity contribution is 5.93.